The predicted octanol–water partition coefficient (Wildman–Crippen LogP) is 5.42. The Bertz CT molecular complexity index is 1390. The maximum atomic E-state index is 9.99. The Kier molecular flexibility index (Phi) is 5.74. The number of aliphatic hydroxyl groups is 1. The van der Waals surface area contributed by atoms with Gasteiger partial charge in [-0.3, -0.25) is 9.97 Å². The molecule has 162 valence electrons. The van der Waals surface area contributed by atoms with Crippen molar-refractivity contribution >= 4 is 16.7 Å². The highest BCUT2D eigenvalue weighted by molar-refractivity contribution is 6.02. The van der Waals surface area contributed by atoms with Gasteiger partial charge < -0.3 is 10.4 Å². The molecule has 0 radical (unpaired) electrons. The summed E-state index contributed by atoms with van der Waals surface area (Å²) in [5, 5.41) is 14.4. The summed E-state index contributed by atoms with van der Waals surface area (Å²) in [5.41, 5.74) is 5.36. The standard InChI is InChI=1S/C27H23N5O/c1-18(33)20-14-21(16-28-15-20)26-31-24-12-7-11-23(19-8-3-2-4-9-19)25(24)27(32-26)30-17-22-10-5-6-13-29-22/h2-16,18,33H,17H2,1H3,(H,30,31,32). The number of nitrogens with one attached hydrogen (secondary N) is 1. The van der Waals surface area contributed by atoms with Crippen molar-refractivity contribution in [1.29, 1.82) is 0 Å². The topological polar surface area (TPSA) is 83.8 Å². The second-order valence-electron chi connectivity index (χ2n) is 7.82. The van der Waals surface area contributed by atoms with Gasteiger partial charge >= 0.3 is 0 Å². The van der Waals surface area contributed by atoms with Gasteiger partial charge in [-0.05, 0) is 47.9 Å². The van der Waals surface area contributed by atoms with Gasteiger partial charge in [0.1, 0.15) is 5.82 Å². The molecule has 0 aliphatic heterocycles. The fraction of sp³-hybridized carbons (Fsp3) is 0.111. The number of aromatic nitrogens is 4. The van der Waals surface area contributed by atoms with E-state index in [1.165, 1.54) is 0 Å². The van der Waals surface area contributed by atoms with Crippen molar-refractivity contribution in [2.75, 3.05) is 5.32 Å². The smallest absolute Gasteiger partial charge is 0.163 e. The molecule has 0 aliphatic carbocycles. The van der Waals surface area contributed by atoms with Crippen LogP contribution in [0.15, 0.2) is 91.4 Å². The first-order chi connectivity index (χ1) is 16.2. The van der Waals surface area contributed by atoms with E-state index < -0.39 is 6.10 Å². The van der Waals surface area contributed by atoms with Crippen molar-refractivity contribution in [1.82, 2.24) is 19.9 Å². The molecule has 0 amide bonds. The van der Waals surface area contributed by atoms with Crippen molar-refractivity contribution in [3.05, 3.63) is 103 Å². The van der Waals surface area contributed by atoms with Crippen molar-refractivity contribution in [3.8, 4) is 22.5 Å². The summed E-state index contributed by atoms with van der Waals surface area (Å²) in [6, 6.07) is 24.0. The minimum atomic E-state index is -0.621. The third-order valence-electron chi connectivity index (χ3n) is 5.47. The van der Waals surface area contributed by atoms with E-state index in [1.807, 2.05) is 54.6 Å². The molecule has 6 nitrogen and oxygen atoms in total. The second kappa shape index (κ2) is 9.14. The molecule has 0 aliphatic rings. The van der Waals surface area contributed by atoms with Gasteiger partial charge in [0.25, 0.3) is 0 Å². The predicted molar refractivity (Wildman–Crippen MR) is 130 cm³/mol. The van der Waals surface area contributed by atoms with Crippen LogP contribution >= 0.6 is 0 Å². The summed E-state index contributed by atoms with van der Waals surface area (Å²) in [4.78, 5) is 18.5. The van der Waals surface area contributed by atoms with Gasteiger partial charge in [-0.1, -0.05) is 48.5 Å². The van der Waals surface area contributed by atoms with Crippen LogP contribution in [0.25, 0.3) is 33.4 Å². The van der Waals surface area contributed by atoms with E-state index in [0.717, 1.165) is 44.7 Å². The molecule has 1 atom stereocenters. The van der Waals surface area contributed by atoms with Gasteiger partial charge in [0.05, 0.1) is 29.2 Å². The van der Waals surface area contributed by atoms with Gasteiger partial charge in [0.2, 0.25) is 0 Å². The van der Waals surface area contributed by atoms with E-state index in [4.69, 9.17) is 9.97 Å². The minimum Gasteiger partial charge on any atom is -0.389 e. The molecule has 0 bridgehead atoms. The van der Waals surface area contributed by atoms with E-state index in [1.54, 1.807) is 25.5 Å². The largest absolute Gasteiger partial charge is 0.389 e. The average Bonchev–Trinajstić information content (AvgIpc) is 2.88. The molecular weight excluding hydrogens is 410 g/mol. The van der Waals surface area contributed by atoms with Crippen LogP contribution in [0.3, 0.4) is 0 Å². The molecule has 0 fully saturated rings. The molecular formula is C27H23N5O. The monoisotopic (exact) mass is 433 g/mol. The third kappa shape index (κ3) is 4.42. The fourth-order valence-corrected chi connectivity index (χ4v) is 3.78. The lowest BCUT2D eigenvalue weighted by atomic mass is 10.0. The minimum absolute atomic E-state index is 0.529. The summed E-state index contributed by atoms with van der Waals surface area (Å²) >= 11 is 0. The van der Waals surface area contributed by atoms with Gasteiger partial charge in [-0.15, -0.1) is 0 Å². The Labute approximate surface area is 192 Å². The Morgan fingerprint density at radius 3 is 2.52 bits per heavy atom. The number of aliphatic hydroxyl groups excluding tert-OH is 1. The number of rotatable bonds is 6. The zero-order valence-electron chi connectivity index (χ0n) is 18.2. The Balaban J connectivity index is 1.67. The number of hydrogen-bond donors (Lipinski definition) is 2. The van der Waals surface area contributed by atoms with Crippen LogP contribution in [-0.4, -0.2) is 25.0 Å². The van der Waals surface area contributed by atoms with Crippen LogP contribution in [0.4, 0.5) is 5.82 Å². The molecule has 0 spiro atoms. The van der Waals surface area contributed by atoms with E-state index in [-0.39, 0.29) is 0 Å². The molecule has 3 aromatic heterocycles. The lowest BCUT2D eigenvalue weighted by molar-refractivity contribution is 0.199. The van der Waals surface area contributed by atoms with Crippen LogP contribution in [0, 0.1) is 0 Å². The summed E-state index contributed by atoms with van der Waals surface area (Å²) < 4.78 is 0. The summed E-state index contributed by atoms with van der Waals surface area (Å²) in [6.07, 6.45) is 4.53. The lowest BCUT2D eigenvalue weighted by Gasteiger charge is -2.15. The highest BCUT2D eigenvalue weighted by Crippen LogP contribution is 2.34. The highest BCUT2D eigenvalue weighted by atomic mass is 16.3. The van der Waals surface area contributed by atoms with Crippen LogP contribution in [-0.2, 0) is 6.54 Å². The van der Waals surface area contributed by atoms with E-state index >= 15 is 0 Å². The van der Waals surface area contributed by atoms with Crippen LogP contribution in [0.1, 0.15) is 24.3 Å². The molecule has 0 saturated heterocycles. The molecule has 2 aromatic carbocycles. The number of fused-ring (bicyclic) bond motifs is 1. The van der Waals surface area contributed by atoms with Crippen molar-refractivity contribution in [2.24, 2.45) is 0 Å². The van der Waals surface area contributed by atoms with Crippen LogP contribution in [0.5, 0.6) is 0 Å². The zero-order valence-corrected chi connectivity index (χ0v) is 18.2. The number of anilines is 1. The lowest BCUT2D eigenvalue weighted by Crippen LogP contribution is -2.06. The average molecular weight is 434 g/mol. The van der Waals surface area contributed by atoms with E-state index in [2.05, 4.69) is 33.5 Å². The molecule has 5 rings (SSSR count). The van der Waals surface area contributed by atoms with Crippen molar-refractivity contribution in [3.63, 3.8) is 0 Å². The van der Waals surface area contributed by atoms with Gasteiger partial charge in [0.15, 0.2) is 5.82 Å². The van der Waals surface area contributed by atoms with Crippen LogP contribution in [0.2, 0.25) is 0 Å². The first-order valence-corrected chi connectivity index (χ1v) is 10.8. The molecule has 0 saturated carbocycles. The van der Waals surface area contributed by atoms with Crippen molar-refractivity contribution in [2.45, 2.75) is 19.6 Å². The normalized spacial score (nSPS) is 11.9. The SMILES string of the molecule is CC(O)c1cncc(-c2nc(NCc3ccccn3)c3c(-c4ccccc4)cccc3n2)c1. The molecule has 5 aromatic rings. The summed E-state index contributed by atoms with van der Waals surface area (Å²) in [7, 11) is 0. The zero-order chi connectivity index (χ0) is 22.6. The Hall–Kier alpha value is -4.16. The molecule has 6 heteroatoms. The number of benzene rings is 2. The van der Waals surface area contributed by atoms with Crippen LogP contribution < -0.4 is 5.32 Å². The number of nitrogens with zero attached hydrogens (tertiary/aromatic N) is 4. The third-order valence-corrected chi connectivity index (χ3v) is 5.47. The summed E-state index contributed by atoms with van der Waals surface area (Å²) in [5.74, 6) is 1.27. The maximum Gasteiger partial charge on any atom is 0.163 e. The number of pyridine rings is 2. The first-order valence-electron chi connectivity index (χ1n) is 10.8. The van der Waals surface area contributed by atoms with Gasteiger partial charge in [-0.2, -0.15) is 0 Å². The second-order valence-corrected chi connectivity index (χ2v) is 7.82. The molecule has 1 unspecified atom stereocenters. The van der Waals surface area contributed by atoms with Gasteiger partial charge in [-0.25, -0.2) is 9.97 Å². The Morgan fingerprint density at radius 1 is 0.879 bits per heavy atom. The van der Waals surface area contributed by atoms with Crippen molar-refractivity contribution < 1.29 is 5.11 Å². The maximum absolute atomic E-state index is 9.99. The van der Waals surface area contributed by atoms with E-state index in [0.29, 0.717) is 12.4 Å². The molecule has 2 N–H and O–H groups in total. The highest BCUT2D eigenvalue weighted by Gasteiger charge is 2.15. The Morgan fingerprint density at radius 2 is 1.73 bits per heavy atom. The van der Waals surface area contributed by atoms with E-state index in [9.17, 15) is 5.11 Å². The summed E-state index contributed by atoms with van der Waals surface area (Å²) in [6.45, 7) is 2.25. The fourth-order valence-electron chi connectivity index (χ4n) is 3.78. The first kappa shape index (κ1) is 20.7. The quantitative estimate of drug-likeness (QED) is 0.372. The number of hydrogen-bond acceptors (Lipinski definition) is 6. The molecule has 3 heterocycles. The van der Waals surface area contributed by atoms with Gasteiger partial charge in [0, 0.05) is 24.2 Å². The molecule has 33 heavy (non-hydrogen) atoms.